The summed E-state index contributed by atoms with van der Waals surface area (Å²) in [5, 5.41) is 9.22. The molecule has 0 saturated carbocycles. The third kappa shape index (κ3) is 4.41. The van der Waals surface area contributed by atoms with Crippen LogP contribution >= 0.6 is 0 Å². The first-order valence-electron chi connectivity index (χ1n) is 7.05. The maximum atomic E-state index is 12.6. The minimum atomic E-state index is -5.24. The summed E-state index contributed by atoms with van der Waals surface area (Å²) in [4.78, 5) is 15.7. The summed E-state index contributed by atoms with van der Waals surface area (Å²) in [7, 11) is -4.09. The monoisotopic (exact) mass is 387 g/mol. The minimum Gasteiger partial charge on any atom is -0.361 e. The fourth-order valence-electron chi connectivity index (χ4n) is 2.22. The van der Waals surface area contributed by atoms with E-state index in [0.717, 1.165) is 0 Å². The molecule has 0 amide bonds. The van der Waals surface area contributed by atoms with Crippen LogP contribution in [0.15, 0.2) is 4.52 Å². The number of carbonyl (C=O) groups is 1. The van der Waals surface area contributed by atoms with Gasteiger partial charge in [0.05, 0.1) is 18.3 Å². The molecule has 0 aromatic carbocycles. The summed E-state index contributed by atoms with van der Waals surface area (Å²) in [5.74, 6) is -2.70. The van der Waals surface area contributed by atoms with Crippen LogP contribution in [0.4, 0.5) is 19.1 Å². The van der Waals surface area contributed by atoms with Crippen molar-refractivity contribution in [2.24, 2.45) is 5.14 Å². The van der Waals surface area contributed by atoms with Gasteiger partial charge in [-0.25, -0.2) is 18.4 Å². The number of ether oxygens (including phenoxy) is 1. The lowest BCUT2D eigenvalue weighted by atomic mass is 10.1. The molecule has 2 unspecified atom stereocenters. The molecule has 2 heterocycles. The Morgan fingerprint density at radius 3 is 2.52 bits per heavy atom. The number of aryl methyl sites for hydroxylation is 1. The van der Waals surface area contributed by atoms with Crippen molar-refractivity contribution in [3.63, 3.8) is 0 Å². The Morgan fingerprint density at radius 1 is 1.40 bits per heavy atom. The SMILES string of the molecule is Cc1noc(N(OC(=O)C(F)(F)F)C2CCOC(S(N)(=O)=O)C2)c1C. The number of hydrogen-bond donors (Lipinski definition) is 1. The van der Waals surface area contributed by atoms with Crippen molar-refractivity contribution in [1.29, 1.82) is 0 Å². The zero-order valence-electron chi connectivity index (χ0n) is 13.2. The molecule has 0 aliphatic carbocycles. The number of nitrogens with zero attached hydrogens (tertiary/aromatic N) is 2. The lowest BCUT2D eigenvalue weighted by molar-refractivity contribution is -0.203. The van der Waals surface area contributed by atoms with Gasteiger partial charge in [0, 0.05) is 12.0 Å². The van der Waals surface area contributed by atoms with Crippen LogP contribution in [0.3, 0.4) is 0 Å². The van der Waals surface area contributed by atoms with E-state index < -0.39 is 33.6 Å². The van der Waals surface area contributed by atoms with Crippen LogP contribution in [0.1, 0.15) is 24.1 Å². The van der Waals surface area contributed by atoms with Gasteiger partial charge in [0.1, 0.15) is 0 Å². The Kier molecular flexibility index (Phi) is 5.30. The molecule has 2 rings (SSSR count). The van der Waals surface area contributed by atoms with Gasteiger partial charge in [0.2, 0.25) is 10.0 Å². The third-order valence-electron chi connectivity index (χ3n) is 3.66. The molecule has 1 saturated heterocycles. The smallest absolute Gasteiger partial charge is 0.361 e. The molecule has 1 aromatic heterocycles. The van der Waals surface area contributed by atoms with Crippen molar-refractivity contribution in [3.05, 3.63) is 11.3 Å². The van der Waals surface area contributed by atoms with Crippen molar-refractivity contribution in [2.75, 3.05) is 11.7 Å². The Labute approximate surface area is 140 Å². The Morgan fingerprint density at radius 2 is 2.04 bits per heavy atom. The number of nitrogens with two attached hydrogens (primary N) is 1. The van der Waals surface area contributed by atoms with Gasteiger partial charge in [-0.05, 0) is 20.3 Å². The lowest BCUT2D eigenvalue weighted by Gasteiger charge is -2.34. The summed E-state index contributed by atoms with van der Waals surface area (Å²) in [6.07, 6.45) is -5.48. The molecule has 1 aliphatic rings. The topological polar surface area (TPSA) is 125 Å². The summed E-state index contributed by atoms with van der Waals surface area (Å²) >= 11 is 0. The van der Waals surface area contributed by atoms with Gasteiger partial charge >= 0.3 is 12.1 Å². The standard InChI is InChI=1S/C12H16F3N3O6S/c1-6-7(2)17-23-10(6)18(24-11(19)12(13,14)15)8-3-4-22-9(5-8)25(16,20)21/h8-9H,3-5H2,1-2H3,(H2,16,20,21). The molecular formula is C12H16F3N3O6S. The summed E-state index contributed by atoms with van der Waals surface area (Å²) < 4.78 is 70.6. The number of rotatable bonds is 4. The van der Waals surface area contributed by atoms with E-state index in [1.165, 1.54) is 6.92 Å². The van der Waals surface area contributed by atoms with Gasteiger partial charge in [-0.15, -0.1) is 0 Å². The molecule has 25 heavy (non-hydrogen) atoms. The average molecular weight is 387 g/mol. The number of primary sulfonamides is 1. The number of hydroxylamine groups is 1. The highest BCUT2D eigenvalue weighted by molar-refractivity contribution is 7.89. The quantitative estimate of drug-likeness (QED) is 0.756. The molecule has 1 aromatic rings. The van der Waals surface area contributed by atoms with E-state index >= 15 is 0 Å². The van der Waals surface area contributed by atoms with Crippen molar-refractivity contribution < 1.29 is 40.5 Å². The van der Waals surface area contributed by atoms with E-state index in [4.69, 9.17) is 14.4 Å². The Bertz CT molecular complexity index is 748. The molecule has 1 fully saturated rings. The number of aromatic nitrogens is 1. The van der Waals surface area contributed by atoms with Gasteiger partial charge in [0.15, 0.2) is 5.44 Å². The zero-order chi connectivity index (χ0) is 19.0. The molecule has 0 bridgehead atoms. The normalized spacial score (nSPS) is 21.8. The van der Waals surface area contributed by atoms with Crippen LogP contribution in [-0.2, 0) is 24.4 Å². The third-order valence-corrected chi connectivity index (χ3v) is 4.72. The highest BCUT2D eigenvalue weighted by atomic mass is 32.2. The van der Waals surface area contributed by atoms with E-state index in [1.807, 2.05) is 0 Å². The van der Waals surface area contributed by atoms with Crippen molar-refractivity contribution >= 4 is 21.9 Å². The van der Waals surface area contributed by atoms with Crippen molar-refractivity contribution in [3.8, 4) is 0 Å². The molecule has 13 heteroatoms. The second-order valence-electron chi connectivity index (χ2n) is 5.47. The van der Waals surface area contributed by atoms with Crippen molar-refractivity contribution in [1.82, 2.24) is 5.16 Å². The van der Waals surface area contributed by atoms with Gasteiger partial charge in [-0.1, -0.05) is 5.16 Å². The van der Waals surface area contributed by atoms with Crippen LogP contribution < -0.4 is 10.2 Å². The van der Waals surface area contributed by atoms with Gasteiger partial charge in [0.25, 0.3) is 5.88 Å². The molecule has 1 aliphatic heterocycles. The largest absolute Gasteiger partial charge is 0.493 e. The van der Waals surface area contributed by atoms with E-state index in [-0.39, 0.29) is 25.3 Å². The van der Waals surface area contributed by atoms with Crippen LogP contribution in [0, 0.1) is 13.8 Å². The molecule has 0 radical (unpaired) electrons. The first-order valence-corrected chi connectivity index (χ1v) is 8.66. The van der Waals surface area contributed by atoms with Gasteiger partial charge in [-0.3, -0.25) is 0 Å². The van der Waals surface area contributed by atoms with Crippen LogP contribution in [0.25, 0.3) is 0 Å². The highest BCUT2D eigenvalue weighted by Gasteiger charge is 2.45. The van der Waals surface area contributed by atoms with E-state index in [1.54, 1.807) is 6.92 Å². The predicted octanol–water partition coefficient (Wildman–Crippen LogP) is 0.912. The summed E-state index contributed by atoms with van der Waals surface area (Å²) in [6.45, 7) is 2.94. The molecular weight excluding hydrogens is 371 g/mol. The first-order chi connectivity index (χ1) is 11.4. The van der Waals surface area contributed by atoms with E-state index in [9.17, 15) is 26.4 Å². The molecule has 2 atom stereocenters. The number of hydrogen-bond acceptors (Lipinski definition) is 8. The van der Waals surface area contributed by atoms with E-state index in [2.05, 4.69) is 9.99 Å². The number of alkyl halides is 3. The summed E-state index contributed by atoms with van der Waals surface area (Å²) in [5.41, 5.74) is -0.727. The predicted molar refractivity (Wildman–Crippen MR) is 76.5 cm³/mol. The maximum absolute atomic E-state index is 12.6. The number of carbonyl (C=O) groups excluding carboxylic acids is 1. The molecule has 142 valence electrons. The maximum Gasteiger partial charge on any atom is 0.493 e. The van der Waals surface area contributed by atoms with Gasteiger partial charge < -0.3 is 14.1 Å². The molecule has 2 N–H and O–H groups in total. The van der Waals surface area contributed by atoms with Crippen LogP contribution in [0.2, 0.25) is 0 Å². The minimum absolute atomic E-state index is 0.0797. The second kappa shape index (κ2) is 6.80. The average Bonchev–Trinajstić information content (AvgIpc) is 2.83. The zero-order valence-corrected chi connectivity index (χ0v) is 14.1. The lowest BCUT2D eigenvalue weighted by Crippen LogP contribution is -2.48. The second-order valence-corrected chi connectivity index (χ2v) is 7.17. The Hall–Kier alpha value is -1.86. The van der Waals surface area contributed by atoms with Gasteiger partial charge in [-0.2, -0.15) is 18.2 Å². The van der Waals surface area contributed by atoms with Crippen LogP contribution in [-0.4, -0.2) is 43.8 Å². The number of sulfonamides is 1. The van der Waals surface area contributed by atoms with Crippen LogP contribution in [0.5, 0.6) is 0 Å². The fraction of sp³-hybridized carbons (Fsp3) is 0.667. The molecule has 9 nitrogen and oxygen atoms in total. The number of halogens is 3. The highest BCUT2D eigenvalue weighted by Crippen LogP contribution is 2.32. The molecule has 0 spiro atoms. The first kappa shape index (κ1) is 19.5. The van der Waals surface area contributed by atoms with Crippen molar-refractivity contribution in [2.45, 2.75) is 44.3 Å². The fourth-order valence-corrected chi connectivity index (χ4v) is 2.99. The number of anilines is 1. The Balaban J connectivity index is 2.34. The summed E-state index contributed by atoms with van der Waals surface area (Å²) in [6, 6.07) is -0.963. The van der Waals surface area contributed by atoms with E-state index in [0.29, 0.717) is 16.3 Å².